The largest absolute Gasteiger partial charge is 0.481 e. The Morgan fingerprint density at radius 3 is 2.14 bits per heavy atom. The van der Waals surface area contributed by atoms with E-state index >= 15 is 0 Å². The van der Waals surface area contributed by atoms with Crippen LogP contribution in [0.3, 0.4) is 0 Å². The number of carbonyl (C=O) groups is 1. The van der Waals surface area contributed by atoms with Crippen LogP contribution in [0.4, 0.5) is 0 Å². The Balaban J connectivity index is 0. The molecule has 86 valence electrons. The van der Waals surface area contributed by atoms with E-state index in [4.69, 9.17) is 14.9 Å². The Hall–Kier alpha value is -0.650. The van der Waals surface area contributed by atoms with Gasteiger partial charge < -0.3 is 14.9 Å². The maximum absolute atomic E-state index is 9.37. The van der Waals surface area contributed by atoms with Crippen molar-refractivity contribution in [1.29, 1.82) is 0 Å². The molecule has 0 fully saturated rings. The maximum Gasteiger partial charge on any atom is 0.303 e. The quantitative estimate of drug-likeness (QED) is 0.638. The van der Waals surface area contributed by atoms with E-state index in [9.17, 15) is 4.79 Å². The van der Waals surface area contributed by atoms with Gasteiger partial charge in [-0.1, -0.05) is 6.92 Å². The van der Waals surface area contributed by atoms with Crippen LogP contribution in [0.1, 0.15) is 20.3 Å². The zero-order valence-corrected chi connectivity index (χ0v) is 9.36. The summed E-state index contributed by atoms with van der Waals surface area (Å²) in [5.41, 5.74) is 0. The molecule has 1 unspecified atom stereocenters. The van der Waals surface area contributed by atoms with Crippen molar-refractivity contribution >= 4 is 5.97 Å². The molecule has 0 saturated heterocycles. The van der Waals surface area contributed by atoms with Gasteiger partial charge in [-0.05, 0) is 21.0 Å². The van der Waals surface area contributed by atoms with E-state index in [1.807, 2.05) is 25.9 Å². The molecule has 0 rings (SSSR count). The standard InChI is InChI=1S/C6H15NO2.C3H6O2/c1-6(7(2)3)9-5-4-8;1-2-3(4)5/h6,8H,4-5H2,1-3H3;2H2,1H3,(H,4,5). The number of hydrogen-bond acceptors (Lipinski definition) is 4. The highest BCUT2D eigenvalue weighted by atomic mass is 16.5. The molecule has 0 radical (unpaired) electrons. The number of nitrogens with zero attached hydrogens (tertiary/aromatic N) is 1. The average molecular weight is 207 g/mol. The van der Waals surface area contributed by atoms with Gasteiger partial charge in [0.05, 0.1) is 13.2 Å². The van der Waals surface area contributed by atoms with Crippen molar-refractivity contribution in [2.45, 2.75) is 26.5 Å². The smallest absolute Gasteiger partial charge is 0.303 e. The van der Waals surface area contributed by atoms with E-state index in [0.29, 0.717) is 6.61 Å². The van der Waals surface area contributed by atoms with Gasteiger partial charge in [0.25, 0.3) is 0 Å². The molecule has 0 aliphatic heterocycles. The highest BCUT2D eigenvalue weighted by Gasteiger charge is 2.01. The molecular formula is C9H21NO4. The molecule has 0 amide bonds. The Labute approximate surface area is 85.3 Å². The Morgan fingerprint density at radius 2 is 1.93 bits per heavy atom. The number of rotatable bonds is 5. The lowest BCUT2D eigenvalue weighted by Crippen LogP contribution is -2.28. The third-order valence-electron chi connectivity index (χ3n) is 1.48. The molecule has 1 atom stereocenters. The van der Waals surface area contributed by atoms with Crippen LogP contribution >= 0.6 is 0 Å². The van der Waals surface area contributed by atoms with Crippen LogP contribution in [-0.4, -0.2) is 54.6 Å². The predicted molar refractivity (Wildman–Crippen MR) is 54.1 cm³/mol. The third kappa shape index (κ3) is 13.9. The zero-order valence-electron chi connectivity index (χ0n) is 9.36. The lowest BCUT2D eigenvalue weighted by Gasteiger charge is -2.19. The Kier molecular flexibility index (Phi) is 11.8. The van der Waals surface area contributed by atoms with Gasteiger partial charge in [-0.3, -0.25) is 9.69 Å². The van der Waals surface area contributed by atoms with E-state index in [1.165, 1.54) is 0 Å². The third-order valence-corrected chi connectivity index (χ3v) is 1.48. The van der Waals surface area contributed by atoms with Gasteiger partial charge in [0.1, 0.15) is 6.23 Å². The summed E-state index contributed by atoms with van der Waals surface area (Å²) in [4.78, 5) is 11.3. The van der Waals surface area contributed by atoms with Gasteiger partial charge in [-0.15, -0.1) is 0 Å². The molecule has 5 heteroatoms. The van der Waals surface area contributed by atoms with Crippen molar-refractivity contribution in [3.05, 3.63) is 0 Å². The number of aliphatic carboxylic acids is 1. The van der Waals surface area contributed by atoms with Crippen molar-refractivity contribution in [2.24, 2.45) is 0 Å². The lowest BCUT2D eigenvalue weighted by atomic mass is 10.5. The summed E-state index contributed by atoms with van der Waals surface area (Å²) in [6, 6.07) is 0. The fourth-order valence-corrected chi connectivity index (χ4v) is 0.372. The zero-order chi connectivity index (χ0) is 11.6. The predicted octanol–water partition coefficient (Wildman–Crippen LogP) is 0.384. The molecule has 0 aromatic heterocycles. The second kappa shape index (κ2) is 10.4. The van der Waals surface area contributed by atoms with Gasteiger partial charge in [0.15, 0.2) is 0 Å². The summed E-state index contributed by atoms with van der Waals surface area (Å²) in [7, 11) is 3.87. The highest BCUT2D eigenvalue weighted by molar-refractivity contribution is 5.66. The molecule has 0 aliphatic carbocycles. The van der Waals surface area contributed by atoms with Crippen molar-refractivity contribution in [1.82, 2.24) is 4.90 Å². The first-order chi connectivity index (χ1) is 6.45. The van der Waals surface area contributed by atoms with Gasteiger partial charge in [0.2, 0.25) is 0 Å². The second-order valence-electron chi connectivity index (χ2n) is 2.90. The first kappa shape index (κ1) is 15.8. The van der Waals surface area contributed by atoms with Crippen LogP contribution in [0.5, 0.6) is 0 Å². The summed E-state index contributed by atoms with van der Waals surface area (Å²) in [6.45, 7) is 4.05. The minimum atomic E-state index is -0.745. The van der Waals surface area contributed by atoms with E-state index in [0.717, 1.165) is 0 Å². The van der Waals surface area contributed by atoms with Crippen molar-refractivity contribution in [2.75, 3.05) is 27.3 Å². The molecule has 0 bridgehead atoms. The normalized spacial score (nSPS) is 11.9. The molecule has 0 aromatic rings. The monoisotopic (exact) mass is 207 g/mol. The summed E-state index contributed by atoms with van der Waals surface area (Å²) >= 11 is 0. The van der Waals surface area contributed by atoms with E-state index in [-0.39, 0.29) is 19.3 Å². The summed E-state index contributed by atoms with van der Waals surface area (Å²) in [5, 5.41) is 16.1. The van der Waals surface area contributed by atoms with Crippen LogP contribution in [0.15, 0.2) is 0 Å². The number of aliphatic hydroxyl groups excluding tert-OH is 1. The van der Waals surface area contributed by atoms with Crippen molar-refractivity contribution < 1.29 is 19.7 Å². The van der Waals surface area contributed by atoms with E-state index in [2.05, 4.69) is 0 Å². The Bertz CT molecular complexity index is 139. The van der Waals surface area contributed by atoms with Crippen LogP contribution in [0.2, 0.25) is 0 Å². The lowest BCUT2D eigenvalue weighted by molar-refractivity contribution is -0.136. The molecule has 5 nitrogen and oxygen atoms in total. The number of aliphatic hydroxyl groups is 1. The molecule has 0 spiro atoms. The highest BCUT2D eigenvalue weighted by Crippen LogP contribution is 1.91. The molecule has 14 heavy (non-hydrogen) atoms. The van der Waals surface area contributed by atoms with Crippen molar-refractivity contribution in [3.63, 3.8) is 0 Å². The van der Waals surface area contributed by atoms with Crippen LogP contribution in [0.25, 0.3) is 0 Å². The molecular weight excluding hydrogens is 186 g/mol. The average Bonchev–Trinajstić information content (AvgIpc) is 2.14. The van der Waals surface area contributed by atoms with Gasteiger partial charge in [-0.25, -0.2) is 0 Å². The maximum atomic E-state index is 9.37. The summed E-state index contributed by atoms with van der Waals surface area (Å²) in [5.74, 6) is -0.745. The summed E-state index contributed by atoms with van der Waals surface area (Å²) < 4.78 is 5.13. The molecule has 0 aliphatic rings. The van der Waals surface area contributed by atoms with Gasteiger partial charge in [0, 0.05) is 6.42 Å². The van der Waals surface area contributed by atoms with E-state index in [1.54, 1.807) is 6.92 Å². The molecule has 0 saturated carbocycles. The SMILES string of the molecule is CC(OCCO)N(C)C.CCC(=O)O. The van der Waals surface area contributed by atoms with Crippen molar-refractivity contribution in [3.8, 4) is 0 Å². The minimum absolute atomic E-state index is 0.0946. The second-order valence-corrected chi connectivity index (χ2v) is 2.90. The topological polar surface area (TPSA) is 70.0 Å². The van der Waals surface area contributed by atoms with Crippen LogP contribution in [0, 0.1) is 0 Å². The first-order valence-electron chi connectivity index (χ1n) is 4.56. The Morgan fingerprint density at radius 1 is 1.50 bits per heavy atom. The van der Waals surface area contributed by atoms with Gasteiger partial charge in [-0.2, -0.15) is 0 Å². The molecule has 0 heterocycles. The number of carboxylic acid groups (broad SMARTS) is 1. The van der Waals surface area contributed by atoms with E-state index < -0.39 is 5.97 Å². The fourth-order valence-electron chi connectivity index (χ4n) is 0.372. The summed E-state index contributed by atoms with van der Waals surface area (Å²) in [6.07, 6.45) is 0.317. The molecule has 0 aromatic carbocycles. The van der Waals surface area contributed by atoms with Crippen LogP contribution < -0.4 is 0 Å². The number of carboxylic acids is 1. The fraction of sp³-hybridized carbons (Fsp3) is 0.889. The van der Waals surface area contributed by atoms with Crippen LogP contribution in [-0.2, 0) is 9.53 Å². The number of hydrogen-bond donors (Lipinski definition) is 2. The minimum Gasteiger partial charge on any atom is -0.481 e. The van der Waals surface area contributed by atoms with Gasteiger partial charge >= 0.3 is 5.97 Å². The number of ether oxygens (including phenoxy) is 1. The first-order valence-corrected chi connectivity index (χ1v) is 4.56. The molecule has 2 N–H and O–H groups in total.